The van der Waals surface area contributed by atoms with Crippen molar-refractivity contribution < 1.29 is 32.2 Å². The summed E-state index contributed by atoms with van der Waals surface area (Å²) in [5.41, 5.74) is -0.463. The second-order valence-electron chi connectivity index (χ2n) is 6.16. The van der Waals surface area contributed by atoms with E-state index in [1.165, 1.54) is 12.1 Å². The highest BCUT2D eigenvalue weighted by Crippen LogP contribution is 2.39. The SMILES string of the molecule is CCOC(=O)c1cnc2c(C(F)(F)F)cccc2c1Nc1ccc2c(c1)OCO2. The van der Waals surface area contributed by atoms with Crippen LogP contribution in [-0.2, 0) is 10.9 Å². The third kappa shape index (κ3) is 3.51. The molecule has 1 aliphatic rings. The van der Waals surface area contributed by atoms with Crippen molar-refractivity contribution in [3.8, 4) is 11.5 Å². The molecule has 0 aliphatic carbocycles. The second-order valence-corrected chi connectivity index (χ2v) is 6.16. The molecule has 0 amide bonds. The molecule has 0 bridgehead atoms. The van der Waals surface area contributed by atoms with Crippen molar-refractivity contribution in [2.45, 2.75) is 13.1 Å². The van der Waals surface area contributed by atoms with Crippen LogP contribution in [0.5, 0.6) is 11.5 Å². The minimum atomic E-state index is -4.59. The van der Waals surface area contributed by atoms with Crippen molar-refractivity contribution >= 4 is 28.2 Å². The number of para-hydroxylation sites is 1. The molecular weight excluding hydrogens is 389 g/mol. The standard InChI is InChI=1S/C20H15F3N2O4/c1-2-27-19(26)13-9-24-18-12(4-3-5-14(18)20(21,22)23)17(13)25-11-6-7-15-16(8-11)29-10-28-15/h3-9H,2,10H2,1H3,(H,24,25). The van der Waals surface area contributed by atoms with E-state index in [1.807, 2.05) is 0 Å². The zero-order valence-electron chi connectivity index (χ0n) is 15.2. The minimum Gasteiger partial charge on any atom is -0.462 e. The molecule has 1 N–H and O–H groups in total. The van der Waals surface area contributed by atoms with E-state index in [-0.39, 0.29) is 35.6 Å². The molecule has 2 heterocycles. The van der Waals surface area contributed by atoms with Crippen LogP contribution in [0.25, 0.3) is 10.9 Å². The number of carbonyl (C=O) groups is 1. The largest absolute Gasteiger partial charge is 0.462 e. The van der Waals surface area contributed by atoms with E-state index in [2.05, 4.69) is 10.3 Å². The maximum Gasteiger partial charge on any atom is 0.418 e. The third-order valence-corrected chi connectivity index (χ3v) is 4.34. The highest BCUT2D eigenvalue weighted by Gasteiger charge is 2.34. The molecule has 29 heavy (non-hydrogen) atoms. The summed E-state index contributed by atoms with van der Waals surface area (Å²) in [6, 6.07) is 8.66. The van der Waals surface area contributed by atoms with Gasteiger partial charge in [0.05, 0.1) is 23.4 Å². The van der Waals surface area contributed by atoms with Crippen molar-refractivity contribution in [1.82, 2.24) is 4.98 Å². The average molecular weight is 404 g/mol. The number of hydrogen-bond donors (Lipinski definition) is 1. The van der Waals surface area contributed by atoms with E-state index in [1.54, 1.807) is 25.1 Å². The Morgan fingerprint density at radius 1 is 1.21 bits per heavy atom. The molecule has 3 aromatic rings. The van der Waals surface area contributed by atoms with Crippen LogP contribution >= 0.6 is 0 Å². The lowest BCUT2D eigenvalue weighted by atomic mass is 10.0. The maximum absolute atomic E-state index is 13.4. The maximum atomic E-state index is 13.4. The summed E-state index contributed by atoms with van der Waals surface area (Å²) in [5.74, 6) is 0.352. The summed E-state index contributed by atoms with van der Waals surface area (Å²) < 4.78 is 55.9. The normalized spacial score (nSPS) is 12.8. The number of nitrogens with one attached hydrogen (secondary N) is 1. The number of carbonyl (C=O) groups excluding carboxylic acids is 1. The lowest BCUT2D eigenvalue weighted by molar-refractivity contribution is -0.136. The van der Waals surface area contributed by atoms with Crippen molar-refractivity contribution in [3.63, 3.8) is 0 Å². The van der Waals surface area contributed by atoms with Crippen LogP contribution in [0, 0.1) is 0 Å². The summed E-state index contributed by atoms with van der Waals surface area (Å²) >= 11 is 0. The number of fused-ring (bicyclic) bond motifs is 2. The fourth-order valence-corrected chi connectivity index (χ4v) is 3.07. The van der Waals surface area contributed by atoms with Gasteiger partial charge in [0, 0.05) is 23.3 Å². The van der Waals surface area contributed by atoms with E-state index in [0.29, 0.717) is 17.2 Å². The zero-order chi connectivity index (χ0) is 20.6. The molecule has 150 valence electrons. The van der Waals surface area contributed by atoms with Crippen LogP contribution in [0.15, 0.2) is 42.6 Å². The van der Waals surface area contributed by atoms with Crippen molar-refractivity contribution in [2.75, 3.05) is 18.7 Å². The van der Waals surface area contributed by atoms with E-state index < -0.39 is 17.7 Å². The monoisotopic (exact) mass is 404 g/mol. The number of ether oxygens (including phenoxy) is 3. The molecular formula is C20H15F3N2O4. The Morgan fingerprint density at radius 3 is 2.76 bits per heavy atom. The van der Waals surface area contributed by atoms with Gasteiger partial charge in [0.2, 0.25) is 6.79 Å². The Morgan fingerprint density at radius 2 is 2.00 bits per heavy atom. The first kappa shape index (κ1) is 18.9. The topological polar surface area (TPSA) is 69.7 Å². The second kappa shape index (κ2) is 7.16. The number of hydrogen-bond acceptors (Lipinski definition) is 6. The Hall–Kier alpha value is -3.49. The number of halogens is 3. The van der Waals surface area contributed by atoms with E-state index >= 15 is 0 Å². The smallest absolute Gasteiger partial charge is 0.418 e. The van der Waals surface area contributed by atoms with Crippen molar-refractivity contribution in [3.05, 3.63) is 53.7 Å². The molecule has 2 aromatic carbocycles. The van der Waals surface area contributed by atoms with Crippen molar-refractivity contribution in [1.29, 1.82) is 0 Å². The average Bonchev–Trinajstić information content (AvgIpc) is 3.15. The van der Waals surface area contributed by atoms with Gasteiger partial charge in [-0.2, -0.15) is 13.2 Å². The van der Waals surface area contributed by atoms with Gasteiger partial charge >= 0.3 is 12.1 Å². The molecule has 0 saturated heterocycles. The summed E-state index contributed by atoms with van der Waals surface area (Å²) in [7, 11) is 0. The number of nitrogens with zero attached hydrogens (tertiary/aromatic N) is 1. The summed E-state index contributed by atoms with van der Waals surface area (Å²) in [4.78, 5) is 16.3. The van der Waals surface area contributed by atoms with Crippen LogP contribution in [0.3, 0.4) is 0 Å². The van der Waals surface area contributed by atoms with Crippen LogP contribution in [-0.4, -0.2) is 24.4 Å². The number of aromatic nitrogens is 1. The fraction of sp³-hybridized carbons (Fsp3) is 0.200. The molecule has 0 unspecified atom stereocenters. The minimum absolute atomic E-state index is 0.0244. The number of esters is 1. The first-order valence-corrected chi connectivity index (χ1v) is 8.71. The lowest BCUT2D eigenvalue weighted by Crippen LogP contribution is -2.11. The molecule has 6 nitrogen and oxygen atoms in total. The van der Waals surface area contributed by atoms with E-state index in [4.69, 9.17) is 14.2 Å². The number of anilines is 2. The zero-order valence-corrected chi connectivity index (χ0v) is 15.2. The molecule has 1 aromatic heterocycles. The first-order valence-electron chi connectivity index (χ1n) is 8.71. The number of benzene rings is 2. The molecule has 0 atom stereocenters. The van der Waals surface area contributed by atoms with Crippen LogP contribution in [0.4, 0.5) is 24.5 Å². The quantitative estimate of drug-likeness (QED) is 0.624. The van der Waals surface area contributed by atoms with Gasteiger partial charge in [-0.25, -0.2) is 4.79 Å². The molecule has 0 fully saturated rings. The van der Waals surface area contributed by atoms with Gasteiger partial charge in [0.1, 0.15) is 5.56 Å². The molecule has 1 aliphatic heterocycles. The summed E-state index contributed by atoms with van der Waals surface area (Å²) in [6.07, 6.45) is -3.50. The Bertz CT molecular complexity index is 1100. The summed E-state index contributed by atoms with van der Waals surface area (Å²) in [6.45, 7) is 1.84. The Labute approximate surface area is 163 Å². The van der Waals surface area contributed by atoms with Gasteiger partial charge in [0.25, 0.3) is 0 Å². The molecule has 0 saturated carbocycles. The Kier molecular flexibility index (Phi) is 4.65. The van der Waals surface area contributed by atoms with Gasteiger partial charge in [-0.15, -0.1) is 0 Å². The molecule has 9 heteroatoms. The van der Waals surface area contributed by atoms with Gasteiger partial charge in [-0.3, -0.25) is 4.98 Å². The molecule has 0 radical (unpaired) electrons. The highest BCUT2D eigenvalue weighted by molar-refractivity contribution is 6.06. The van der Waals surface area contributed by atoms with Crippen LogP contribution < -0.4 is 14.8 Å². The molecule has 0 spiro atoms. The van der Waals surface area contributed by atoms with E-state index in [9.17, 15) is 18.0 Å². The van der Waals surface area contributed by atoms with Crippen molar-refractivity contribution in [2.24, 2.45) is 0 Å². The lowest BCUT2D eigenvalue weighted by Gasteiger charge is -2.16. The molecule has 4 rings (SSSR count). The highest BCUT2D eigenvalue weighted by atomic mass is 19.4. The van der Waals surface area contributed by atoms with Gasteiger partial charge in [-0.1, -0.05) is 12.1 Å². The number of pyridine rings is 1. The van der Waals surface area contributed by atoms with Gasteiger partial charge < -0.3 is 19.5 Å². The van der Waals surface area contributed by atoms with Gasteiger partial charge in [0.15, 0.2) is 11.5 Å². The summed E-state index contributed by atoms with van der Waals surface area (Å²) in [5, 5.41) is 3.16. The first-order chi connectivity index (χ1) is 13.9. The number of alkyl halides is 3. The van der Waals surface area contributed by atoms with Gasteiger partial charge in [-0.05, 0) is 25.1 Å². The van der Waals surface area contributed by atoms with Crippen LogP contribution in [0.2, 0.25) is 0 Å². The fourth-order valence-electron chi connectivity index (χ4n) is 3.07. The van der Waals surface area contributed by atoms with Crippen LogP contribution in [0.1, 0.15) is 22.8 Å². The Balaban J connectivity index is 1.88. The number of rotatable bonds is 4. The van der Waals surface area contributed by atoms with E-state index in [0.717, 1.165) is 12.3 Å². The third-order valence-electron chi connectivity index (χ3n) is 4.34. The predicted molar refractivity (Wildman–Crippen MR) is 98.5 cm³/mol. The predicted octanol–water partition coefficient (Wildman–Crippen LogP) is 4.90.